The molecule has 0 aliphatic rings. The summed E-state index contributed by atoms with van der Waals surface area (Å²) in [5, 5.41) is 1.04. The molecule has 66 valence electrons. The minimum absolute atomic E-state index is 0.0484. The normalized spacial score (nSPS) is 10.5. The van der Waals surface area contributed by atoms with Crippen LogP contribution in [0.2, 0.25) is 0 Å². The molecule has 0 spiro atoms. The molecule has 0 radical (unpaired) electrons. The number of hydrogen-bond donors (Lipinski definition) is 2. The zero-order chi connectivity index (χ0) is 9.26. The van der Waals surface area contributed by atoms with E-state index in [-0.39, 0.29) is 12.3 Å². The minimum Gasteiger partial charge on any atom is -0.352 e. The number of aromatic nitrogens is 1. The van der Waals surface area contributed by atoms with Crippen molar-refractivity contribution < 1.29 is 4.79 Å². The van der Waals surface area contributed by atoms with E-state index in [0.717, 1.165) is 10.9 Å². The van der Waals surface area contributed by atoms with Crippen LogP contribution in [0.3, 0.4) is 0 Å². The molecule has 2 rings (SSSR count). The Bertz CT molecular complexity index is 412. The average Bonchev–Trinajstić information content (AvgIpc) is 2.59. The van der Waals surface area contributed by atoms with Gasteiger partial charge in [-0.05, 0) is 12.1 Å². The Morgan fingerprint density at radius 1 is 1.38 bits per heavy atom. The monoisotopic (exact) mass is 174 g/mol. The van der Waals surface area contributed by atoms with Crippen molar-refractivity contribution in [3.8, 4) is 0 Å². The molecule has 1 aromatic carbocycles. The highest BCUT2D eigenvalue weighted by Crippen LogP contribution is 2.14. The van der Waals surface area contributed by atoms with Gasteiger partial charge in [-0.2, -0.15) is 0 Å². The molecule has 0 unspecified atom stereocenters. The molecule has 3 nitrogen and oxygen atoms in total. The average molecular weight is 174 g/mol. The fourth-order valence-electron chi connectivity index (χ4n) is 1.33. The Labute approximate surface area is 75.6 Å². The predicted molar refractivity (Wildman–Crippen MR) is 51.7 cm³/mol. The first-order valence-corrected chi connectivity index (χ1v) is 4.12. The van der Waals surface area contributed by atoms with Gasteiger partial charge in [0.15, 0.2) is 5.78 Å². The van der Waals surface area contributed by atoms with Crippen molar-refractivity contribution in [2.24, 2.45) is 5.73 Å². The van der Waals surface area contributed by atoms with E-state index < -0.39 is 0 Å². The maximum atomic E-state index is 11.2. The van der Waals surface area contributed by atoms with E-state index in [1.807, 2.05) is 30.3 Å². The second-order valence-electron chi connectivity index (χ2n) is 2.90. The Kier molecular flexibility index (Phi) is 1.87. The molecule has 0 fully saturated rings. The SMILES string of the molecule is NCC(=O)c1cc2ccccc2[nH]1. The van der Waals surface area contributed by atoms with Crippen molar-refractivity contribution in [1.82, 2.24) is 4.98 Å². The summed E-state index contributed by atoms with van der Waals surface area (Å²) in [6.07, 6.45) is 0. The molecule has 13 heavy (non-hydrogen) atoms. The highest BCUT2D eigenvalue weighted by atomic mass is 16.1. The summed E-state index contributed by atoms with van der Waals surface area (Å²) >= 11 is 0. The van der Waals surface area contributed by atoms with Crippen LogP contribution in [0.1, 0.15) is 10.5 Å². The van der Waals surface area contributed by atoms with E-state index in [0.29, 0.717) is 5.69 Å². The van der Waals surface area contributed by atoms with Crippen molar-refractivity contribution in [3.05, 3.63) is 36.0 Å². The van der Waals surface area contributed by atoms with Gasteiger partial charge in [0.05, 0.1) is 12.2 Å². The summed E-state index contributed by atoms with van der Waals surface area (Å²) in [6.45, 7) is 0.0484. The van der Waals surface area contributed by atoms with Crippen molar-refractivity contribution in [1.29, 1.82) is 0 Å². The zero-order valence-corrected chi connectivity index (χ0v) is 7.08. The summed E-state index contributed by atoms with van der Waals surface area (Å²) in [6, 6.07) is 9.58. The number of fused-ring (bicyclic) bond motifs is 1. The Balaban J connectivity index is 2.56. The molecule has 1 heterocycles. The number of carbonyl (C=O) groups excluding carboxylic acids is 1. The zero-order valence-electron chi connectivity index (χ0n) is 7.08. The third kappa shape index (κ3) is 1.34. The number of hydrogen-bond acceptors (Lipinski definition) is 2. The van der Waals surface area contributed by atoms with Crippen molar-refractivity contribution >= 4 is 16.7 Å². The van der Waals surface area contributed by atoms with Gasteiger partial charge in [-0.25, -0.2) is 0 Å². The second kappa shape index (κ2) is 3.03. The first-order chi connectivity index (χ1) is 6.31. The molecule has 0 amide bonds. The fourth-order valence-corrected chi connectivity index (χ4v) is 1.33. The van der Waals surface area contributed by atoms with Gasteiger partial charge in [-0.3, -0.25) is 4.79 Å². The lowest BCUT2D eigenvalue weighted by molar-refractivity contribution is 0.0997. The summed E-state index contributed by atoms with van der Waals surface area (Å²) in [5.41, 5.74) is 6.81. The first kappa shape index (κ1) is 8.01. The van der Waals surface area contributed by atoms with Gasteiger partial charge in [0.1, 0.15) is 0 Å². The van der Waals surface area contributed by atoms with E-state index >= 15 is 0 Å². The van der Waals surface area contributed by atoms with E-state index in [1.54, 1.807) is 0 Å². The van der Waals surface area contributed by atoms with Crippen molar-refractivity contribution in [2.75, 3.05) is 6.54 Å². The minimum atomic E-state index is -0.0591. The molecule has 3 heteroatoms. The van der Waals surface area contributed by atoms with Crippen LogP contribution >= 0.6 is 0 Å². The van der Waals surface area contributed by atoms with Gasteiger partial charge < -0.3 is 10.7 Å². The maximum Gasteiger partial charge on any atom is 0.192 e. The van der Waals surface area contributed by atoms with Crippen LogP contribution in [0.5, 0.6) is 0 Å². The van der Waals surface area contributed by atoms with Crippen LogP contribution in [0.25, 0.3) is 10.9 Å². The smallest absolute Gasteiger partial charge is 0.192 e. The predicted octanol–water partition coefficient (Wildman–Crippen LogP) is 1.31. The Hall–Kier alpha value is -1.61. The Morgan fingerprint density at radius 3 is 2.85 bits per heavy atom. The first-order valence-electron chi connectivity index (χ1n) is 4.12. The lowest BCUT2D eigenvalue weighted by atomic mass is 10.2. The molecule has 2 aromatic rings. The lowest BCUT2D eigenvalue weighted by Crippen LogP contribution is -2.13. The fraction of sp³-hybridized carbons (Fsp3) is 0.100. The highest BCUT2D eigenvalue weighted by molar-refractivity contribution is 6.00. The number of carbonyl (C=O) groups is 1. The van der Waals surface area contributed by atoms with Crippen LogP contribution in [-0.4, -0.2) is 17.3 Å². The highest BCUT2D eigenvalue weighted by Gasteiger charge is 2.06. The number of ketones is 1. The third-order valence-corrected chi connectivity index (χ3v) is 2.02. The second-order valence-corrected chi connectivity index (χ2v) is 2.90. The molecule has 1 aromatic heterocycles. The number of Topliss-reactive ketones (excluding diaryl/α,β-unsaturated/α-hetero) is 1. The van der Waals surface area contributed by atoms with Gasteiger partial charge >= 0.3 is 0 Å². The van der Waals surface area contributed by atoms with Crippen LogP contribution in [0.4, 0.5) is 0 Å². The number of para-hydroxylation sites is 1. The summed E-state index contributed by atoms with van der Waals surface area (Å²) in [5.74, 6) is -0.0591. The number of aromatic amines is 1. The molecule has 0 saturated heterocycles. The van der Waals surface area contributed by atoms with E-state index in [9.17, 15) is 4.79 Å². The van der Waals surface area contributed by atoms with Crippen LogP contribution < -0.4 is 5.73 Å². The topological polar surface area (TPSA) is 58.9 Å². The summed E-state index contributed by atoms with van der Waals surface area (Å²) < 4.78 is 0. The standard InChI is InChI=1S/C10H10N2O/c11-6-10(13)9-5-7-3-1-2-4-8(7)12-9/h1-5,12H,6,11H2. The van der Waals surface area contributed by atoms with Crippen LogP contribution in [0.15, 0.2) is 30.3 Å². The van der Waals surface area contributed by atoms with Gasteiger partial charge in [0, 0.05) is 10.9 Å². The number of nitrogens with one attached hydrogen (secondary N) is 1. The van der Waals surface area contributed by atoms with Crippen molar-refractivity contribution in [3.63, 3.8) is 0 Å². The number of rotatable bonds is 2. The molecule has 0 aliphatic carbocycles. The van der Waals surface area contributed by atoms with Gasteiger partial charge in [-0.1, -0.05) is 18.2 Å². The molecular weight excluding hydrogens is 164 g/mol. The molecule has 0 atom stereocenters. The molecule has 0 aliphatic heterocycles. The van der Waals surface area contributed by atoms with Crippen molar-refractivity contribution in [2.45, 2.75) is 0 Å². The number of nitrogens with two attached hydrogens (primary N) is 1. The summed E-state index contributed by atoms with van der Waals surface area (Å²) in [4.78, 5) is 14.2. The molecule has 3 N–H and O–H groups in total. The number of benzene rings is 1. The number of H-pyrrole nitrogens is 1. The van der Waals surface area contributed by atoms with Crippen LogP contribution in [-0.2, 0) is 0 Å². The third-order valence-electron chi connectivity index (χ3n) is 2.02. The quantitative estimate of drug-likeness (QED) is 0.674. The van der Waals surface area contributed by atoms with E-state index in [4.69, 9.17) is 5.73 Å². The summed E-state index contributed by atoms with van der Waals surface area (Å²) in [7, 11) is 0. The van der Waals surface area contributed by atoms with Gasteiger partial charge in [0.25, 0.3) is 0 Å². The molecule has 0 saturated carbocycles. The Morgan fingerprint density at radius 2 is 2.15 bits per heavy atom. The van der Waals surface area contributed by atoms with Gasteiger partial charge in [-0.15, -0.1) is 0 Å². The largest absolute Gasteiger partial charge is 0.352 e. The van der Waals surface area contributed by atoms with E-state index in [2.05, 4.69) is 4.98 Å². The molecular formula is C10H10N2O. The van der Waals surface area contributed by atoms with Crippen LogP contribution in [0, 0.1) is 0 Å². The van der Waals surface area contributed by atoms with Gasteiger partial charge in [0.2, 0.25) is 0 Å². The molecule has 0 bridgehead atoms. The van der Waals surface area contributed by atoms with E-state index in [1.165, 1.54) is 0 Å². The lowest BCUT2D eigenvalue weighted by Gasteiger charge is -1.89. The maximum absolute atomic E-state index is 11.2.